The number of rotatable bonds is 6. The molecule has 0 fully saturated rings. The highest BCUT2D eigenvalue weighted by atomic mass is 35.5. The molecule has 0 spiro atoms. The lowest BCUT2D eigenvalue weighted by atomic mass is 10.2. The van der Waals surface area contributed by atoms with E-state index in [1.54, 1.807) is 19.0 Å². The fourth-order valence-corrected chi connectivity index (χ4v) is 4.79. The van der Waals surface area contributed by atoms with Crippen molar-refractivity contribution in [3.05, 3.63) is 93.4 Å². The Hall–Kier alpha value is -4.55. The number of hydrogen-bond acceptors (Lipinski definition) is 8. The predicted molar refractivity (Wildman–Crippen MR) is 148 cm³/mol. The Labute approximate surface area is 229 Å². The average Bonchev–Trinajstić information content (AvgIpc) is 3.33. The van der Waals surface area contributed by atoms with E-state index in [0.29, 0.717) is 21.2 Å². The van der Waals surface area contributed by atoms with Crippen LogP contribution in [0.5, 0.6) is 11.5 Å². The Morgan fingerprint density at radius 3 is 2.54 bits per heavy atom. The molecule has 1 amide bonds. The van der Waals surface area contributed by atoms with Gasteiger partial charge in [-0.05, 0) is 42.5 Å². The van der Waals surface area contributed by atoms with Crippen LogP contribution < -0.4 is 26.2 Å². The van der Waals surface area contributed by atoms with E-state index in [1.807, 2.05) is 0 Å². The summed E-state index contributed by atoms with van der Waals surface area (Å²) in [7, 11) is 3.59. The molecule has 3 aromatic heterocycles. The summed E-state index contributed by atoms with van der Waals surface area (Å²) in [5.74, 6) is -2.09. The minimum Gasteiger partial charge on any atom is -0.453 e. The number of anilines is 3. The van der Waals surface area contributed by atoms with E-state index in [0.717, 1.165) is 6.07 Å². The van der Waals surface area contributed by atoms with Gasteiger partial charge in [0.15, 0.2) is 22.4 Å². The quantitative estimate of drug-likeness (QED) is 0.279. The summed E-state index contributed by atoms with van der Waals surface area (Å²) >= 11 is 7.30. The third-order valence-corrected chi connectivity index (χ3v) is 7.15. The number of thiazole rings is 1. The molecular formula is C26H19ClF2N6O3S. The maximum absolute atomic E-state index is 14.8. The first-order valence-corrected chi connectivity index (χ1v) is 12.5. The zero-order valence-electron chi connectivity index (χ0n) is 20.4. The SMILES string of the molecule is CN(C)c1nc2cc(C(=O)Nc3ccc(Oc4ccnc(N)c4Cl)c(F)c3)c(=O)n(-c3ccc(F)cc3)c2s1. The van der Waals surface area contributed by atoms with Gasteiger partial charge < -0.3 is 20.7 Å². The van der Waals surface area contributed by atoms with Crippen molar-refractivity contribution in [3.8, 4) is 17.2 Å². The lowest BCUT2D eigenvalue weighted by Gasteiger charge is -2.12. The van der Waals surface area contributed by atoms with Gasteiger partial charge in [0.1, 0.15) is 32.6 Å². The normalized spacial score (nSPS) is 11.0. The standard InChI is InChI=1S/C26H19ClF2N6O3S/c1-34(2)26-33-18-12-16(24(37)35(25(18)39-26)15-6-3-13(28)4-7-15)23(36)32-14-5-8-19(17(29)11-14)38-20-9-10-31-22(30)21(20)27/h3-12H,1-2H3,(H2,30,31)(H,32,36). The van der Waals surface area contributed by atoms with Crippen LogP contribution in [0, 0.1) is 11.6 Å². The number of ether oxygens (including phenoxy) is 1. The van der Waals surface area contributed by atoms with Crippen molar-refractivity contribution >= 4 is 55.8 Å². The number of amides is 1. The number of pyridine rings is 2. The molecule has 0 aliphatic carbocycles. The van der Waals surface area contributed by atoms with Gasteiger partial charge in [0.25, 0.3) is 11.5 Å². The van der Waals surface area contributed by atoms with E-state index in [4.69, 9.17) is 22.1 Å². The summed E-state index contributed by atoms with van der Waals surface area (Å²) in [5, 5.41) is 3.17. The van der Waals surface area contributed by atoms with Crippen molar-refractivity contribution in [2.24, 2.45) is 0 Å². The van der Waals surface area contributed by atoms with Gasteiger partial charge >= 0.3 is 0 Å². The number of carbonyl (C=O) groups excluding carboxylic acids is 1. The zero-order chi connectivity index (χ0) is 27.8. The van der Waals surface area contributed by atoms with Gasteiger partial charge in [-0.1, -0.05) is 22.9 Å². The fraction of sp³-hybridized carbons (Fsp3) is 0.0769. The van der Waals surface area contributed by atoms with Crippen molar-refractivity contribution in [3.63, 3.8) is 0 Å². The van der Waals surface area contributed by atoms with Crippen LogP contribution in [0.3, 0.4) is 0 Å². The number of nitrogens with zero attached hydrogens (tertiary/aromatic N) is 4. The molecule has 0 aliphatic rings. The lowest BCUT2D eigenvalue weighted by Crippen LogP contribution is -2.28. The number of nitrogen functional groups attached to an aromatic ring is 1. The smallest absolute Gasteiger partial charge is 0.269 e. The summed E-state index contributed by atoms with van der Waals surface area (Å²) in [6.07, 6.45) is 1.36. The van der Waals surface area contributed by atoms with Crippen molar-refractivity contribution < 1.29 is 18.3 Å². The van der Waals surface area contributed by atoms with Crippen LogP contribution in [0.4, 0.5) is 25.4 Å². The molecule has 0 unspecified atom stereocenters. The Bertz CT molecular complexity index is 1790. The van der Waals surface area contributed by atoms with Gasteiger partial charge in [-0.2, -0.15) is 0 Å². The van der Waals surface area contributed by atoms with Crippen molar-refractivity contribution in [2.45, 2.75) is 0 Å². The average molecular weight is 569 g/mol. The van der Waals surface area contributed by atoms with Crippen molar-refractivity contribution in [1.29, 1.82) is 0 Å². The molecule has 0 atom stereocenters. The summed E-state index contributed by atoms with van der Waals surface area (Å²) in [6.45, 7) is 0. The molecule has 5 aromatic rings. The Morgan fingerprint density at radius 1 is 1.10 bits per heavy atom. The first-order chi connectivity index (χ1) is 18.6. The highest BCUT2D eigenvalue weighted by molar-refractivity contribution is 7.21. The van der Waals surface area contributed by atoms with Crippen molar-refractivity contribution in [2.75, 3.05) is 30.0 Å². The molecule has 198 valence electrons. The third kappa shape index (κ3) is 5.11. The molecule has 5 rings (SSSR count). The zero-order valence-corrected chi connectivity index (χ0v) is 22.0. The van der Waals surface area contributed by atoms with Gasteiger partial charge in [-0.3, -0.25) is 14.2 Å². The second-order valence-corrected chi connectivity index (χ2v) is 9.80. The van der Waals surface area contributed by atoms with Gasteiger partial charge in [-0.25, -0.2) is 18.7 Å². The van der Waals surface area contributed by atoms with Gasteiger partial charge in [0.2, 0.25) is 0 Å². The number of hydrogen-bond donors (Lipinski definition) is 2. The summed E-state index contributed by atoms with van der Waals surface area (Å²) in [5.41, 5.74) is 5.59. The molecular weight excluding hydrogens is 550 g/mol. The Balaban J connectivity index is 1.50. The largest absolute Gasteiger partial charge is 0.453 e. The number of nitrogens with one attached hydrogen (secondary N) is 1. The highest BCUT2D eigenvalue weighted by Gasteiger charge is 2.21. The molecule has 13 heteroatoms. The molecule has 0 bridgehead atoms. The maximum atomic E-state index is 14.8. The molecule has 0 aliphatic heterocycles. The molecule has 3 heterocycles. The summed E-state index contributed by atoms with van der Waals surface area (Å²) < 4.78 is 35.2. The van der Waals surface area contributed by atoms with Crippen LogP contribution in [0.1, 0.15) is 10.4 Å². The molecule has 3 N–H and O–H groups in total. The van der Waals surface area contributed by atoms with E-state index >= 15 is 0 Å². The predicted octanol–water partition coefficient (Wildman–Crippen LogP) is 5.47. The Kier molecular flexibility index (Phi) is 6.89. The first kappa shape index (κ1) is 26.1. The summed E-state index contributed by atoms with van der Waals surface area (Å²) in [4.78, 5) is 37.3. The molecule has 0 saturated carbocycles. The molecule has 2 aromatic carbocycles. The fourth-order valence-electron chi connectivity index (χ4n) is 3.65. The monoisotopic (exact) mass is 568 g/mol. The number of nitrogens with two attached hydrogens (primary N) is 1. The van der Waals surface area contributed by atoms with Crippen LogP contribution in [-0.2, 0) is 0 Å². The minimum atomic E-state index is -0.798. The van der Waals surface area contributed by atoms with E-state index in [9.17, 15) is 18.4 Å². The molecule has 39 heavy (non-hydrogen) atoms. The maximum Gasteiger partial charge on any atom is 0.269 e. The van der Waals surface area contributed by atoms with Gasteiger partial charge in [0.05, 0.1) is 5.69 Å². The number of aromatic nitrogens is 3. The first-order valence-electron chi connectivity index (χ1n) is 11.3. The number of carbonyl (C=O) groups is 1. The van der Waals surface area contributed by atoms with E-state index in [-0.39, 0.29) is 33.6 Å². The third-order valence-electron chi connectivity index (χ3n) is 5.54. The summed E-state index contributed by atoms with van der Waals surface area (Å²) in [6, 6.07) is 11.8. The van der Waals surface area contributed by atoms with E-state index in [2.05, 4.69) is 15.3 Å². The van der Waals surface area contributed by atoms with E-state index in [1.165, 1.54) is 70.6 Å². The van der Waals surface area contributed by atoms with Crippen LogP contribution in [0.15, 0.2) is 65.6 Å². The topological polar surface area (TPSA) is 115 Å². The number of fused-ring (bicyclic) bond motifs is 1. The second kappa shape index (κ2) is 10.3. The molecule has 0 radical (unpaired) electrons. The minimum absolute atomic E-state index is 0.0273. The van der Waals surface area contributed by atoms with Crippen LogP contribution in [0.2, 0.25) is 5.02 Å². The van der Waals surface area contributed by atoms with Crippen LogP contribution in [-0.4, -0.2) is 34.5 Å². The van der Waals surface area contributed by atoms with Crippen LogP contribution in [0.25, 0.3) is 16.0 Å². The number of halogens is 3. The highest BCUT2D eigenvalue weighted by Crippen LogP contribution is 2.34. The van der Waals surface area contributed by atoms with Crippen molar-refractivity contribution in [1.82, 2.24) is 14.5 Å². The van der Waals surface area contributed by atoms with E-state index < -0.39 is 23.1 Å². The second-order valence-electron chi connectivity index (χ2n) is 8.47. The Morgan fingerprint density at radius 2 is 1.85 bits per heavy atom. The van der Waals surface area contributed by atoms with Gasteiger partial charge in [-0.15, -0.1) is 0 Å². The number of benzene rings is 2. The molecule has 0 saturated heterocycles. The van der Waals surface area contributed by atoms with Crippen LogP contribution >= 0.6 is 22.9 Å². The molecule has 9 nitrogen and oxygen atoms in total. The van der Waals surface area contributed by atoms with Gasteiger partial charge in [0, 0.05) is 38.1 Å². The lowest BCUT2D eigenvalue weighted by molar-refractivity contribution is 0.102.